The third-order valence-corrected chi connectivity index (χ3v) is 5.40. The highest BCUT2D eigenvalue weighted by Gasteiger charge is 2.31. The first kappa shape index (κ1) is 16.0. The molecule has 1 heterocycles. The van der Waals surface area contributed by atoms with Crippen LogP contribution in [0.5, 0.6) is 0 Å². The number of aryl methyl sites for hydroxylation is 2. The fourth-order valence-electron chi connectivity index (χ4n) is 3.68. The van der Waals surface area contributed by atoms with Gasteiger partial charge < -0.3 is 9.47 Å². The zero-order valence-electron chi connectivity index (χ0n) is 14.1. The fourth-order valence-corrected chi connectivity index (χ4v) is 3.68. The average Bonchev–Trinajstić information content (AvgIpc) is 2.56. The Kier molecular flexibility index (Phi) is 5.54. The van der Waals surface area contributed by atoms with Gasteiger partial charge in [-0.1, -0.05) is 49.6 Å². The van der Waals surface area contributed by atoms with Gasteiger partial charge >= 0.3 is 0 Å². The molecule has 0 amide bonds. The molecule has 1 saturated carbocycles. The minimum atomic E-state index is 0.0723. The Labute approximate surface area is 135 Å². The molecule has 22 heavy (non-hydrogen) atoms. The predicted octanol–water partition coefficient (Wildman–Crippen LogP) is 4.74. The molecule has 0 N–H and O–H groups in total. The van der Waals surface area contributed by atoms with Crippen molar-refractivity contribution in [3.8, 4) is 0 Å². The van der Waals surface area contributed by atoms with Crippen LogP contribution in [-0.2, 0) is 15.9 Å². The second kappa shape index (κ2) is 7.61. The van der Waals surface area contributed by atoms with Gasteiger partial charge in [0, 0.05) is 11.8 Å². The molecule has 0 radical (unpaired) electrons. The van der Waals surface area contributed by atoms with Crippen molar-refractivity contribution in [1.29, 1.82) is 0 Å². The van der Waals surface area contributed by atoms with Crippen LogP contribution in [0.3, 0.4) is 0 Å². The second-order valence-electron chi connectivity index (χ2n) is 7.45. The monoisotopic (exact) mass is 302 g/mol. The molecule has 0 spiro atoms. The van der Waals surface area contributed by atoms with E-state index in [0.717, 1.165) is 32.0 Å². The maximum absolute atomic E-state index is 6.05. The van der Waals surface area contributed by atoms with Gasteiger partial charge in [-0.05, 0) is 44.1 Å². The van der Waals surface area contributed by atoms with Crippen molar-refractivity contribution in [3.63, 3.8) is 0 Å². The van der Waals surface area contributed by atoms with Crippen molar-refractivity contribution in [2.75, 3.05) is 13.2 Å². The van der Waals surface area contributed by atoms with Gasteiger partial charge in [0.2, 0.25) is 0 Å². The smallest absolute Gasteiger partial charge is 0.160 e. The highest BCUT2D eigenvalue weighted by molar-refractivity contribution is 5.21. The van der Waals surface area contributed by atoms with Gasteiger partial charge in [-0.15, -0.1) is 0 Å². The van der Waals surface area contributed by atoms with Gasteiger partial charge in [0.25, 0.3) is 0 Å². The van der Waals surface area contributed by atoms with Crippen LogP contribution in [-0.4, -0.2) is 19.5 Å². The summed E-state index contributed by atoms with van der Waals surface area (Å²) in [5.74, 6) is 2.08. The minimum Gasteiger partial charge on any atom is -0.352 e. The summed E-state index contributed by atoms with van der Waals surface area (Å²) < 4.78 is 12.1. The van der Waals surface area contributed by atoms with E-state index in [9.17, 15) is 0 Å². The number of ether oxygens (including phenoxy) is 2. The number of hydrogen-bond donors (Lipinski definition) is 0. The molecule has 0 bridgehead atoms. The molecule has 0 unspecified atom stereocenters. The lowest BCUT2D eigenvalue weighted by Gasteiger charge is -2.37. The molecule has 3 rings (SSSR count). The lowest BCUT2D eigenvalue weighted by Crippen LogP contribution is -2.38. The van der Waals surface area contributed by atoms with Crippen LogP contribution in [0.15, 0.2) is 24.3 Å². The van der Waals surface area contributed by atoms with Gasteiger partial charge in [0.05, 0.1) is 13.2 Å². The van der Waals surface area contributed by atoms with Crippen LogP contribution in [0.2, 0.25) is 0 Å². The molecular formula is C20H30O2. The largest absolute Gasteiger partial charge is 0.352 e. The number of hydrogen-bond acceptors (Lipinski definition) is 2. The molecule has 1 aromatic rings. The Morgan fingerprint density at radius 1 is 0.955 bits per heavy atom. The van der Waals surface area contributed by atoms with Gasteiger partial charge in [-0.3, -0.25) is 0 Å². The van der Waals surface area contributed by atoms with E-state index < -0.39 is 0 Å². The first-order valence-corrected chi connectivity index (χ1v) is 8.99. The average molecular weight is 302 g/mol. The summed E-state index contributed by atoms with van der Waals surface area (Å²) >= 11 is 0. The highest BCUT2D eigenvalue weighted by Crippen LogP contribution is 2.34. The van der Waals surface area contributed by atoms with Gasteiger partial charge in [-0.25, -0.2) is 0 Å². The lowest BCUT2D eigenvalue weighted by molar-refractivity contribution is -0.229. The summed E-state index contributed by atoms with van der Waals surface area (Å²) in [6.07, 6.45) is 7.60. The van der Waals surface area contributed by atoms with E-state index in [1.54, 1.807) is 0 Å². The van der Waals surface area contributed by atoms with Crippen molar-refractivity contribution in [1.82, 2.24) is 0 Å². The summed E-state index contributed by atoms with van der Waals surface area (Å²) in [5, 5.41) is 0. The van der Waals surface area contributed by atoms with Crippen LogP contribution in [0.4, 0.5) is 0 Å². The maximum atomic E-state index is 6.05. The molecule has 2 heteroatoms. The molecule has 0 atom stereocenters. The molecule has 1 saturated heterocycles. The van der Waals surface area contributed by atoms with E-state index in [-0.39, 0.29) is 6.29 Å². The minimum absolute atomic E-state index is 0.0723. The normalized spacial score (nSPS) is 32.8. The Balaban J connectivity index is 1.39. The van der Waals surface area contributed by atoms with E-state index >= 15 is 0 Å². The summed E-state index contributed by atoms with van der Waals surface area (Å²) in [4.78, 5) is 0. The van der Waals surface area contributed by atoms with Crippen LogP contribution in [0.25, 0.3) is 0 Å². The van der Waals surface area contributed by atoms with Crippen LogP contribution in [0, 0.1) is 24.7 Å². The molecule has 1 aliphatic heterocycles. The van der Waals surface area contributed by atoms with Gasteiger partial charge in [-0.2, -0.15) is 0 Å². The molecule has 2 aliphatic rings. The van der Waals surface area contributed by atoms with Gasteiger partial charge in [0.1, 0.15) is 0 Å². The summed E-state index contributed by atoms with van der Waals surface area (Å²) in [5.41, 5.74) is 2.76. The zero-order valence-corrected chi connectivity index (χ0v) is 14.1. The Morgan fingerprint density at radius 3 is 2.23 bits per heavy atom. The van der Waals surface area contributed by atoms with E-state index in [2.05, 4.69) is 38.1 Å². The molecule has 2 nitrogen and oxygen atoms in total. The quantitative estimate of drug-likeness (QED) is 0.799. The van der Waals surface area contributed by atoms with Crippen molar-refractivity contribution in [2.24, 2.45) is 17.8 Å². The van der Waals surface area contributed by atoms with Crippen molar-refractivity contribution in [3.05, 3.63) is 35.4 Å². The summed E-state index contributed by atoms with van der Waals surface area (Å²) in [7, 11) is 0. The molecule has 0 aromatic heterocycles. The Bertz CT molecular complexity index is 437. The van der Waals surface area contributed by atoms with Crippen molar-refractivity contribution < 1.29 is 9.47 Å². The van der Waals surface area contributed by atoms with E-state index in [1.807, 2.05) is 0 Å². The fraction of sp³-hybridized carbons (Fsp3) is 0.700. The molecule has 122 valence electrons. The molecule has 1 aliphatic carbocycles. The van der Waals surface area contributed by atoms with Crippen molar-refractivity contribution in [2.45, 2.75) is 58.7 Å². The van der Waals surface area contributed by atoms with Crippen molar-refractivity contribution >= 4 is 0 Å². The van der Waals surface area contributed by atoms with Crippen LogP contribution >= 0.6 is 0 Å². The van der Waals surface area contributed by atoms with E-state index in [1.165, 1.54) is 36.8 Å². The van der Waals surface area contributed by atoms with E-state index in [4.69, 9.17) is 9.47 Å². The topological polar surface area (TPSA) is 18.5 Å². The predicted molar refractivity (Wildman–Crippen MR) is 89.8 cm³/mol. The summed E-state index contributed by atoms with van der Waals surface area (Å²) in [6.45, 7) is 6.25. The summed E-state index contributed by atoms with van der Waals surface area (Å²) in [6, 6.07) is 8.88. The molecule has 2 fully saturated rings. The molecular weight excluding hydrogens is 272 g/mol. The standard InChI is InChI=1S/C20H30O2/c1-15-3-7-17(8-4-15)9-10-18-13-21-20(22-14-18)19-11-5-16(2)6-12-19/h3-4,7-8,16,18-20H,5-6,9-14H2,1-2H3. The maximum Gasteiger partial charge on any atom is 0.160 e. The number of benzene rings is 1. The first-order valence-electron chi connectivity index (χ1n) is 8.99. The van der Waals surface area contributed by atoms with Crippen LogP contribution in [0.1, 0.15) is 50.2 Å². The second-order valence-corrected chi connectivity index (χ2v) is 7.45. The third-order valence-electron chi connectivity index (χ3n) is 5.40. The van der Waals surface area contributed by atoms with E-state index in [0.29, 0.717) is 11.8 Å². The molecule has 1 aromatic carbocycles. The zero-order chi connectivity index (χ0) is 15.4. The Hall–Kier alpha value is -0.860. The third kappa shape index (κ3) is 4.33. The lowest BCUT2D eigenvalue weighted by atomic mass is 9.82. The highest BCUT2D eigenvalue weighted by atomic mass is 16.7. The number of rotatable bonds is 4. The first-order chi connectivity index (χ1) is 10.7. The van der Waals surface area contributed by atoms with Gasteiger partial charge in [0.15, 0.2) is 6.29 Å². The SMILES string of the molecule is Cc1ccc(CCC2COC(C3CCC(C)CC3)OC2)cc1. The Morgan fingerprint density at radius 2 is 1.59 bits per heavy atom. The van der Waals surface area contributed by atoms with Crippen LogP contribution < -0.4 is 0 Å².